The Balaban J connectivity index is -0.000000393. The molecule has 0 aliphatic carbocycles. The second-order valence-electron chi connectivity index (χ2n) is 6.82. The number of hydrogen-bond donors (Lipinski definition) is 0. The van der Waals surface area contributed by atoms with Crippen molar-refractivity contribution in [2.24, 2.45) is 0 Å². The van der Waals surface area contributed by atoms with Crippen LogP contribution >= 0.6 is 15.8 Å². The number of benzene rings is 2. The third kappa shape index (κ3) is 21.4. The molecule has 2 aromatic rings. The van der Waals surface area contributed by atoms with E-state index in [0.717, 1.165) is 24.3 Å². The Morgan fingerprint density at radius 2 is 0.829 bits per heavy atom. The number of hydrogen-bond acceptors (Lipinski definition) is 0. The van der Waals surface area contributed by atoms with Crippen molar-refractivity contribution in [1.82, 2.24) is 0 Å². The van der Waals surface area contributed by atoms with Crippen LogP contribution in [0.25, 0.3) is 0 Å². The number of rotatable bonds is 6. The van der Waals surface area contributed by atoms with E-state index in [4.69, 9.17) is 0 Å². The van der Waals surface area contributed by atoms with Gasteiger partial charge in [-0.2, -0.15) is 87.0 Å². The topological polar surface area (TPSA) is 0 Å². The number of alkyl halides is 6. The molecule has 0 amide bonds. The van der Waals surface area contributed by atoms with Gasteiger partial charge in [-0.05, 0) is 37.0 Å². The Kier molecular flexibility index (Phi) is 25.4. The minimum Gasteiger partial charge on any atom is -0.183 e. The van der Waals surface area contributed by atoms with Gasteiger partial charge in [0.1, 0.15) is 0 Å². The normalized spacial score (nSPS) is 10.7. The van der Waals surface area contributed by atoms with E-state index in [9.17, 15) is 26.3 Å². The minimum absolute atomic E-state index is 0. The Hall–Kier alpha value is -0.432. The van der Waals surface area contributed by atoms with Gasteiger partial charge in [0.05, 0.1) is 0 Å². The Labute approximate surface area is 225 Å². The quantitative estimate of drug-likeness (QED) is 0.158. The van der Waals surface area contributed by atoms with Crippen molar-refractivity contribution in [3.63, 3.8) is 0 Å². The minimum atomic E-state index is -4.24. The van der Waals surface area contributed by atoms with Gasteiger partial charge in [-0.25, -0.2) is 0 Å². The van der Waals surface area contributed by atoms with Crippen molar-refractivity contribution in [3.8, 4) is 0 Å². The van der Waals surface area contributed by atoms with Crippen molar-refractivity contribution >= 4 is 15.8 Å². The zero-order valence-corrected chi connectivity index (χ0v) is 25.4. The molecule has 0 spiro atoms. The van der Waals surface area contributed by atoms with Crippen LogP contribution in [0.4, 0.5) is 26.3 Å². The van der Waals surface area contributed by atoms with E-state index in [0.29, 0.717) is 15.8 Å². The van der Waals surface area contributed by atoms with Crippen LogP contribution in [0.15, 0.2) is 48.5 Å². The molecule has 0 atom stereocenters. The molecule has 204 valence electrons. The predicted octanol–water partition coefficient (Wildman–Crippen LogP) is 10.1. The molecule has 0 fully saturated rings. The third-order valence-corrected chi connectivity index (χ3v) is 10.1. The van der Waals surface area contributed by atoms with Crippen molar-refractivity contribution in [2.75, 3.05) is 37.0 Å². The summed E-state index contributed by atoms with van der Waals surface area (Å²) in [7, 11) is 0.892. The van der Waals surface area contributed by atoms with E-state index in [1.807, 2.05) is 0 Å². The maximum atomic E-state index is 11.8. The van der Waals surface area contributed by atoms with E-state index in [2.05, 4.69) is 53.7 Å². The standard InChI is InChI=1S/2C7H4F3.2C6H15P.Pt/c2*8-7(9,10)6-4-2-1-3-5-6;2*1-4-7(5-2)6-3;/h2*1-2,4-5H;2*4-6H2,1-3H3;/q2*-1;;;+2. The molecule has 0 radical (unpaired) electrons. The van der Waals surface area contributed by atoms with E-state index in [1.54, 1.807) is 0 Å². The summed E-state index contributed by atoms with van der Waals surface area (Å²) in [4.78, 5) is 0. The van der Waals surface area contributed by atoms with Crippen LogP contribution in [-0.4, -0.2) is 37.0 Å². The fraction of sp³-hybridized carbons (Fsp3) is 0.538. The zero-order chi connectivity index (χ0) is 26.6. The van der Waals surface area contributed by atoms with Gasteiger partial charge in [0.15, 0.2) is 0 Å². The smallest absolute Gasteiger partial charge is 0.183 e. The van der Waals surface area contributed by atoms with Gasteiger partial charge in [0.2, 0.25) is 0 Å². The van der Waals surface area contributed by atoms with Crippen LogP contribution in [0, 0.1) is 12.1 Å². The van der Waals surface area contributed by atoms with E-state index >= 15 is 0 Å². The van der Waals surface area contributed by atoms with E-state index in [1.165, 1.54) is 61.2 Å². The van der Waals surface area contributed by atoms with Crippen LogP contribution < -0.4 is 0 Å². The average Bonchev–Trinajstić information content (AvgIpc) is 2.83. The summed E-state index contributed by atoms with van der Waals surface area (Å²) in [6.07, 6.45) is 0.0372. The largest absolute Gasteiger partial charge is 2.00 e. The molecule has 0 unspecified atom stereocenters. The molecular formula is C26H38F6P2Pt. The van der Waals surface area contributed by atoms with Crippen molar-refractivity contribution in [2.45, 2.75) is 53.9 Å². The molecule has 2 aromatic carbocycles. The van der Waals surface area contributed by atoms with Crippen molar-refractivity contribution in [1.29, 1.82) is 0 Å². The molecular weight excluding hydrogens is 683 g/mol. The Morgan fingerprint density at radius 3 is 0.914 bits per heavy atom. The molecule has 9 heteroatoms. The molecule has 0 aromatic heterocycles. The van der Waals surface area contributed by atoms with Crippen LogP contribution in [0.5, 0.6) is 0 Å². The van der Waals surface area contributed by atoms with Crippen molar-refractivity contribution in [3.05, 3.63) is 71.8 Å². The van der Waals surface area contributed by atoms with Crippen LogP contribution in [0.3, 0.4) is 0 Å². The van der Waals surface area contributed by atoms with Crippen LogP contribution in [-0.2, 0) is 33.4 Å². The molecule has 35 heavy (non-hydrogen) atoms. The number of halogens is 6. The first-order chi connectivity index (χ1) is 15.9. The summed E-state index contributed by atoms with van der Waals surface area (Å²) in [6, 6.07) is 14.0. The fourth-order valence-electron chi connectivity index (χ4n) is 2.48. The summed E-state index contributed by atoms with van der Waals surface area (Å²) in [5.41, 5.74) is -1.31. The first kappa shape index (κ1) is 39.1. The second kappa shape index (κ2) is 22.7. The Morgan fingerprint density at radius 1 is 0.571 bits per heavy atom. The van der Waals surface area contributed by atoms with Gasteiger partial charge in [-0.3, -0.25) is 0 Å². The summed E-state index contributed by atoms with van der Waals surface area (Å²) >= 11 is 0. The first-order valence-electron chi connectivity index (χ1n) is 11.4. The summed E-state index contributed by atoms with van der Waals surface area (Å²) in [6.45, 7) is 13.7. The van der Waals surface area contributed by atoms with Crippen LogP contribution in [0.1, 0.15) is 52.7 Å². The molecule has 0 N–H and O–H groups in total. The maximum absolute atomic E-state index is 11.8. The van der Waals surface area contributed by atoms with Crippen molar-refractivity contribution < 1.29 is 47.4 Å². The molecule has 0 saturated carbocycles. The Bertz CT molecular complexity index is 614. The third-order valence-electron chi connectivity index (χ3n) is 4.75. The summed E-state index contributed by atoms with van der Waals surface area (Å²) in [5.74, 6) is 0. The van der Waals surface area contributed by atoms with Gasteiger partial charge in [-0.15, -0.1) is 15.8 Å². The molecule has 0 saturated heterocycles. The van der Waals surface area contributed by atoms with Gasteiger partial charge >= 0.3 is 33.4 Å². The molecule has 2 rings (SSSR count). The summed E-state index contributed by atoms with van der Waals surface area (Å²) < 4.78 is 70.6. The van der Waals surface area contributed by atoms with E-state index in [-0.39, 0.29) is 21.1 Å². The maximum Gasteiger partial charge on any atom is 2.00 e. The first-order valence-corrected chi connectivity index (χ1v) is 15.2. The SMILES string of the molecule is CCP(CC)CC.CCP(CC)CC.FC(F)(F)c1c[c-]ccc1.FC(F)(F)c1c[c-]ccc1.[Pt+2]. The molecule has 0 bridgehead atoms. The molecule has 0 aliphatic heterocycles. The molecule has 0 heterocycles. The van der Waals surface area contributed by atoms with Crippen LogP contribution in [0.2, 0.25) is 0 Å². The summed E-state index contributed by atoms with van der Waals surface area (Å²) in [5, 5.41) is 0. The second-order valence-corrected chi connectivity index (χ2v) is 13.3. The van der Waals surface area contributed by atoms with E-state index < -0.39 is 23.5 Å². The monoisotopic (exact) mass is 721 g/mol. The van der Waals surface area contributed by atoms with Gasteiger partial charge < -0.3 is 0 Å². The molecule has 0 nitrogen and oxygen atoms in total. The van der Waals surface area contributed by atoms with Gasteiger partial charge in [-0.1, -0.05) is 52.7 Å². The predicted molar refractivity (Wildman–Crippen MR) is 138 cm³/mol. The molecule has 0 aliphatic rings. The average molecular weight is 722 g/mol. The van der Waals surface area contributed by atoms with Gasteiger partial charge in [0.25, 0.3) is 0 Å². The fourth-order valence-corrected chi connectivity index (χ4v) is 5.16. The van der Waals surface area contributed by atoms with Gasteiger partial charge in [0, 0.05) is 0 Å². The zero-order valence-electron chi connectivity index (χ0n) is 21.3.